The van der Waals surface area contributed by atoms with Crippen molar-refractivity contribution in [2.75, 3.05) is 18.8 Å². The van der Waals surface area contributed by atoms with Crippen molar-refractivity contribution in [2.45, 2.75) is 6.42 Å². The largest absolute Gasteiger partial charge is 0.383 e. The summed E-state index contributed by atoms with van der Waals surface area (Å²) < 4.78 is 0.973. The highest BCUT2D eigenvalue weighted by Crippen LogP contribution is 2.26. The predicted octanol–water partition coefficient (Wildman–Crippen LogP) is 1.80. The minimum atomic E-state index is 0.612. The first-order chi connectivity index (χ1) is 6.77. The molecule has 2 heterocycles. The smallest absolute Gasteiger partial charge is 0.130 e. The summed E-state index contributed by atoms with van der Waals surface area (Å²) >= 11 is 3.40. The fraction of sp³-hybridized carbons (Fsp3) is 0.300. The van der Waals surface area contributed by atoms with Gasteiger partial charge in [-0.15, -0.1) is 0 Å². The molecular weight excluding hydrogens is 242 g/mol. The molecule has 1 aromatic heterocycles. The number of hydrogen-bond acceptors (Lipinski definition) is 3. The van der Waals surface area contributed by atoms with E-state index in [0.717, 1.165) is 29.5 Å². The Morgan fingerprint density at radius 2 is 2.36 bits per heavy atom. The molecule has 14 heavy (non-hydrogen) atoms. The Morgan fingerprint density at radius 1 is 1.50 bits per heavy atom. The molecule has 0 bridgehead atoms. The summed E-state index contributed by atoms with van der Waals surface area (Å²) in [4.78, 5) is 4.12. The summed E-state index contributed by atoms with van der Waals surface area (Å²) in [5.74, 6) is 0.612. The molecule has 0 atom stereocenters. The van der Waals surface area contributed by atoms with Crippen LogP contribution in [0, 0.1) is 0 Å². The molecule has 0 spiro atoms. The van der Waals surface area contributed by atoms with Gasteiger partial charge in [-0.3, -0.25) is 0 Å². The maximum Gasteiger partial charge on any atom is 0.130 e. The monoisotopic (exact) mass is 253 g/mol. The standard InChI is InChI=1S/C10H12BrN3/c11-8-5-9(10(12)14-6-8)7-1-3-13-4-2-7/h1,5-6,13H,2-4H2,(H2,12,14). The molecule has 1 aliphatic rings. The zero-order valence-corrected chi connectivity index (χ0v) is 9.34. The van der Waals surface area contributed by atoms with Gasteiger partial charge in [0.15, 0.2) is 0 Å². The van der Waals surface area contributed by atoms with E-state index in [2.05, 4.69) is 32.3 Å². The molecule has 0 amide bonds. The van der Waals surface area contributed by atoms with E-state index in [9.17, 15) is 0 Å². The zero-order valence-electron chi connectivity index (χ0n) is 7.76. The third kappa shape index (κ3) is 1.96. The molecule has 4 heteroatoms. The second-order valence-corrected chi connectivity index (χ2v) is 4.19. The van der Waals surface area contributed by atoms with Crippen molar-refractivity contribution in [1.29, 1.82) is 0 Å². The Labute approximate surface area is 91.5 Å². The summed E-state index contributed by atoms with van der Waals surface area (Å²) in [6.45, 7) is 1.93. The molecule has 1 aliphatic heterocycles. The van der Waals surface area contributed by atoms with Crippen LogP contribution in [0.15, 0.2) is 22.8 Å². The molecule has 2 rings (SSSR count). The van der Waals surface area contributed by atoms with Gasteiger partial charge in [-0.25, -0.2) is 4.98 Å². The first kappa shape index (κ1) is 9.68. The van der Waals surface area contributed by atoms with E-state index in [1.807, 2.05) is 6.07 Å². The highest BCUT2D eigenvalue weighted by atomic mass is 79.9. The molecule has 0 unspecified atom stereocenters. The van der Waals surface area contributed by atoms with Gasteiger partial charge in [0.2, 0.25) is 0 Å². The van der Waals surface area contributed by atoms with Crippen LogP contribution in [-0.4, -0.2) is 18.1 Å². The fourth-order valence-corrected chi connectivity index (χ4v) is 1.91. The Kier molecular flexibility index (Phi) is 2.84. The van der Waals surface area contributed by atoms with Crippen molar-refractivity contribution in [2.24, 2.45) is 0 Å². The van der Waals surface area contributed by atoms with Crippen molar-refractivity contribution < 1.29 is 0 Å². The molecule has 3 nitrogen and oxygen atoms in total. The molecule has 0 fully saturated rings. The third-order valence-electron chi connectivity index (χ3n) is 2.30. The van der Waals surface area contributed by atoms with Crippen LogP contribution < -0.4 is 11.1 Å². The van der Waals surface area contributed by atoms with E-state index < -0.39 is 0 Å². The molecule has 0 saturated heterocycles. The van der Waals surface area contributed by atoms with Crippen LogP contribution in [-0.2, 0) is 0 Å². The summed E-state index contributed by atoms with van der Waals surface area (Å²) in [5, 5.41) is 3.27. The Bertz CT molecular complexity index is 374. The topological polar surface area (TPSA) is 50.9 Å². The molecule has 74 valence electrons. The Morgan fingerprint density at radius 3 is 3.07 bits per heavy atom. The van der Waals surface area contributed by atoms with Crippen molar-refractivity contribution in [3.8, 4) is 0 Å². The van der Waals surface area contributed by atoms with Crippen LogP contribution in [0.1, 0.15) is 12.0 Å². The second kappa shape index (κ2) is 4.11. The van der Waals surface area contributed by atoms with Crippen molar-refractivity contribution in [3.05, 3.63) is 28.4 Å². The van der Waals surface area contributed by atoms with E-state index >= 15 is 0 Å². The van der Waals surface area contributed by atoms with Crippen LogP contribution in [0.3, 0.4) is 0 Å². The lowest BCUT2D eigenvalue weighted by Crippen LogP contribution is -2.20. The molecule has 0 saturated carbocycles. The number of nitrogen functional groups attached to an aromatic ring is 1. The third-order valence-corrected chi connectivity index (χ3v) is 2.73. The number of pyridine rings is 1. The summed E-state index contributed by atoms with van der Waals surface area (Å²) in [6, 6.07) is 2.03. The number of hydrogen-bond donors (Lipinski definition) is 2. The quantitative estimate of drug-likeness (QED) is 0.803. The predicted molar refractivity (Wildman–Crippen MR) is 61.8 cm³/mol. The van der Waals surface area contributed by atoms with Gasteiger partial charge < -0.3 is 11.1 Å². The molecular formula is C10H12BrN3. The van der Waals surface area contributed by atoms with E-state index in [1.54, 1.807) is 6.20 Å². The SMILES string of the molecule is Nc1ncc(Br)cc1C1=CCNCC1. The highest BCUT2D eigenvalue weighted by molar-refractivity contribution is 9.10. The minimum absolute atomic E-state index is 0.612. The van der Waals surface area contributed by atoms with E-state index in [1.165, 1.54) is 5.57 Å². The van der Waals surface area contributed by atoms with E-state index in [-0.39, 0.29) is 0 Å². The molecule has 0 radical (unpaired) electrons. The van der Waals surface area contributed by atoms with Gasteiger partial charge >= 0.3 is 0 Å². The minimum Gasteiger partial charge on any atom is -0.383 e. The van der Waals surface area contributed by atoms with Crippen molar-refractivity contribution in [3.63, 3.8) is 0 Å². The fourth-order valence-electron chi connectivity index (χ4n) is 1.57. The number of anilines is 1. The van der Waals surface area contributed by atoms with Gasteiger partial charge in [0.1, 0.15) is 5.82 Å². The maximum atomic E-state index is 5.83. The van der Waals surface area contributed by atoms with Gasteiger partial charge in [-0.1, -0.05) is 6.08 Å². The van der Waals surface area contributed by atoms with Crippen LogP contribution in [0.2, 0.25) is 0 Å². The number of halogens is 1. The molecule has 0 aliphatic carbocycles. The molecule has 1 aromatic rings. The van der Waals surface area contributed by atoms with Gasteiger partial charge in [-0.2, -0.15) is 0 Å². The van der Waals surface area contributed by atoms with E-state index in [0.29, 0.717) is 5.82 Å². The number of rotatable bonds is 1. The average Bonchev–Trinajstić information content (AvgIpc) is 2.23. The van der Waals surface area contributed by atoms with Crippen LogP contribution in [0.5, 0.6) is 0 Å². The van der Waals surface area contributed by atoms with Crippen molar-refractivity contribution in [1.82, 2.24) is 10.3 Å². The number of aromatic nitrogens is 1. The first-order valence-corrected chi connectivity index (χ1v) is 5.38. The normalized spacial score (nSPS) is 16.5. The van der Waals surface area contributed by atoms with Gasteiger partial charge in [0.25, 0.3) is 0 Å². The zero-order chi connectivity index (χ0) is 9.97. The summed E-state index contributed by atoms with van der Waals surface area (Å²) in [6.07, 6.45) is 4.91. The van der Waals surface area contributed by atoms with Crippen LogP contribution in [0.25, 0.3) is 5.57 Å². The first-order valence-electron chi connectivity index (χ1n) is 4.58. The van der Waals surface area contributed by atoms with Gasteiger partial charge in [-0.05, 0) is 40.5 Å². The van der Waals surface area contributed by atoms with Crippen LogP contribution in [0.4, 0.5) is 5.82 Å². The molecule has 0 aromatic carbocycles. The second-order valence-electron chi connectivity index (χ2n) is 3.27. The lowest BCUT2D eigenvalue weighted by molar-refractivity contribution is 0.738. The Balaban J connectivity index is 2.39. The summed E-state index contributed by atoms with van der Waals surface area (Å²) in [5.41, 5.74) is 8.17. The van der Waals surface area contributed by atoms with Crippen molar-refractivity contribution >= 4 is 27.3 Å². The maximum absolute atomic E-state index is 5.83. The number of nitrogens with one attached hydrogen (secondary N) is 1. The lowest BCUT2D eigenvalue weighted by atomic mass is 10.0. The molecule has 3 N–H and O–H groups in total. The lowest BCUT2D eigenvalue weighted by Gasteiger charge is -2.15. The Hall–Kier alpha value is -0.870. The van der Waals surface area contributed by atoms with Gasteiger partial charge in [0.05, 0.1) is 0 Å². The van der Waals surface area contributed by atoms with Gasteiger partial charge in [0, 0.05) is 22.8 Å². The average molecular weight is 254 g/mol. The number of nitrogens with zero attached hydrogens (tertiary/aromatic N) is 1. The number of nitrogens with two attached hydrogens (primary N) is 1. The highest BCUT2D eigenvalue weighted by Gasteiger charge is 2.09. The van der Waals surface area contributed by atoms with E-state index in [4.69, 9.17) is 5.73 Å². The van der Waals surface area contributed by atoms with Crippen LogP contribution >= 0.6 is 15.9 Å². The summed E-state index contributed by atoms with van der Waals surface area (Å²) in [7, 11) is 0.